The number of hydrogen-bond acceptors (Lipinski definition) is 5. The number of rotatable bonds is 8. The van der Waals surface area contributed by atoms with Crippen LogP contribution >= 0.6 is 0 Å². The molecule has 4 rings (SSSR count). The normalized spacial score (nSPS) is 20.7. The molecule has 1 amide bonds. The number of carbonyl (C=O) groups excluding carboxylic acids is 1. The molecule has 2 aliphatic rings. The van der Waals surface area contributed by atoms with Crippen molar-refractivity contribution in [1.82, 2.24) is 20.3 Å². The van der Waals surface area contributed by atoms with Crippen LogP contribution in [0.5, 0.6) is 0 Å². The highest BCUT2D eigenvalue weighted by Crippen LogP contribution is 2.37. The Bertz CT molecular complexity index is 1040. The Morgan fingerprint density at radius 3 is 2.50 bits per heavy atom. The SMILES string of the molecule is O=C(O)CC(NC(=O)C1CC(CCc2ccc3c(n2)CCCC3)C1)c1cnc(C(F)(F)F)nc1. The molecule has 1 atom stereocenters. The van der Waals surface area contributed by atoms with Gasteiger partial charge in [0.05, 0.1) is 12.5 Å². The van der Waals surface area contributed by atoms with Crippen LogP contribution < -0.4 is 5.32 Å². The molecule has 182 valence electrons. The number of nitrogens with zero attached hydrogens (tertiary/aromatic N) is 3. The summed E-state index contributed by atoms with van der Waals surface area (Å²) in [6.45, 7) is 0. The lowest BCUT2D eigenvalue weighted by atomic mass is 9.72. The number of pyridine rings is 1. The summed E-state index contributed by atoms with van der Waals surface area (Å²) in [6.07, 6.45) is 4.39. The van der Waals surface area contributed by atoms with Gasteiger partial charge >= 0.3 is 12.1 Å². The second-order valence-electron chi connectivity index (χ2n) is 9.19. The van der Waals surface area contributed by atoms with Gasteiger partial charge in [0.2, 0.25) is 11.7 Å². The number of carboxylic acid groups (broad SMARTS) is 1. The van der Waals surface area contributed by atoms with E-state index in [2.05, 4.69) is 27.4 Å². The van der Waals surface area contributed by atoms with Gasteiger partial charge in [-0.25, -0.2) is 9.97 Å². The van der Waals surface area contributed by atoms with E-state index in [1.807, 2.05) is 0 Å². The Balaban J connectivity index is 1.28. The predicted octanol–water partition coefficient (Wildman–Crippen LogP) is 4.06. The molecule has 1 unspecified atom stereocenters. The number of alkyl halides is 3. The zero-order valence-corrected chi connectivity index (χ0v) is 18.6. The fraction of sp³-hybridized carbons (Fsp3) is 0.542. The highest BCUT2D eigenvalue weighted by molar-refractivity contribution is 5.80. The van der Waals surface area contributed by atoms with Gasteiger partial charge in [-0.05, 0) is 68.9 Å². The summed E-state index contributed by atoms with van der Waals surface area (Å²) >= 11 is 0. The van der Waals surface area contributed by atoms with Crippen molar-refractivity contribution in [1.29, 1.82) is 0 Å². The molecule has 2 heterocycles. The summed E-state index contributed by atoms with van der Waals surface area (Å²) in [5, 5.41) is 11.8. The minimum atomic E-state index is -4.69. The standard InChI is InChI=1S/C24H27F3N4O3/c25-24(26,27)23-28-12-17(13-29-23)20(11-21(32)33)31-22(34)16-9-14(10-16)5-7-18-8-6-15-3-1-2-4-19(15)30-18/h6,8,12-14,16,20H,1-5,7,9-11H2,(H,31,34)(H,32,33). The van der Waals surface area contributed by atoms with Gasteiger partial charge < -0.3 is 10.4 Å². The monoisotopic (exact) mass is 476 g/mol. The maximum atomic E-state index is 12.7. The number of nitrogens with one attached hydrogen (secondary N) is 1. The van der Waals surface area contributed by atoms with Crippen LogP contribution in [0.3, 0.4) is 0 Å². The van der Waals surface area contributed by atoms with Crippen LogP contribution in [-0.2, 0) is 35.0 Å². The average Bonchev–Trinajstić information content (AvgIpc) is 2.76. The highest BCUT2D eigenvalue weighted by Gasteiger charge is 2.37. The maximum Gasteiger partial charge on any atom is 0.451 e. The number of aryl methyl sites for hydroxylation is 3. The number of hydrogen-bond donors (Lipinski definition) is 2. The third-order valence-corrected chi connectivity index (χ3v) is 6.67. The van der Waals surface area contributed by atoms with E-state index in [1.54, 1.807) is 0 Å². The van der Waals surface area contributed by atoms with Crippen LogP contribution in [0, 0.1) is 11.8 Å². The molecule has 2 aromatic rings. The summed E-state index contributed by atoms with van der Waals surface area (Å²) in [5.41, 5.74) is 3.77. The minimum Gasteiger partial charge on any atom is -0.481 e. The molecule has 0 radical (unpaired) electrons. The first-order chi connectivity index (χ1) is 16.2. The number of aliphatic carboxylic acids is 1. The molecule has 1 fully saturated rings. The van der Waals surface area contributed by atoms with Crippen LogP contribution in [0.25, 0.3) is 0 Å². The topological polar surface area (TPSA) is 105 Å². The van der Waals surface area contributed by atoms with Crippen molar-refractivity contribution in [2.75, 3.05) is 0 Å². The van der Waals surface area contributed by atoms with E-state index < -0.39 is 30.4 Å². The summed E-state index contributed by atoms with van der Waals surface area (Å²) in [6, 6.07) is 3.28. The van der Waals surface area contributed by atoms with Gasteiger partial charge in [0, 0.05) is 35.3 Å². The van der Waals surface area contributed by atoms with Crippen LogP contribution in [0.15, 0.2) is 24.5 Å². The summed E-state index contributed by atoms with van der Waals surface area (Å²) < 4.78 is 38.1. The molecule has 0 bridgehead atoms. The predicted molar refractivity (Wildman–Crippen MR) is 116 cm³/mol. The minimum absolute atomic E-state index is 0.123. The molecule has 0 spiro atoms. The van der Waals surface area contributed by atoms with Crippen molar-refractivity contribution in [3.05, 3.63) is 52.9 Å². The molecule has 34 heavy (non-hydrogen) atoms. The molecule has 0 saturated heterocycles. The molecular weight excluding hydrogens is 449 g/mol. The van der Waals surface area contributed by atoms with Crippen LogP contribution in [0.2, 0.25) is 0 Å². The van der Waals surface area contributed by atoms with E-state index in [1.165, 1.54) is 24.1 Å². The first-order valence-corrected chi connectivity index (χ1v) is 11.6. The molecule has 0 aromatic carbocycles. The Labute approximate surface area is 195 Å². The molecule has 1 saturated carbocycles. The lowest BCUT2D eigenvalue weighted by Gasteiger charge is -2.35. The summed E-state index contributed by atoms with van der Waals surface area (Å²) in [7, 11) is 0. The van der Waals surface area contributed by atoms with Crippen LogP contribution in [-0.4, -0.2) is 31.9 Å². The second kappa shape index (κ2) is 10.1. The lowest BCUT2D eigenvalue weighted by molar-refractivity contribution is -0.145. The number of halogens is 3. The lowest BCUT2D eigenvalue weighted by Crippen LogP contribution is -2.41. The van der Waals surface area contributed by atoms with Gasteiger partial charge in [-0.2, -0.15) is 13.2 Å². The Morgan fingerprint density at radius 1 is 1.12 bits per heavy atom. The van der Waals surface area contributed by atoms with Crippen molar-refractivity contribution in [3.63, 3.8) is 0 Å². The highest BCUT2D eigenvalue weighted by atomic mass is 19.4. The number of amides is 1. The Kier molecular flexibility index (Phi) is 7.13. The largest absolute Gasteiger partial charge is 0.481 e. The number of aromatic nitrogens is 3. The molecule has 7 nitrogen and oxygen atoms in total. The van der Waals surface area contributed by atoms with Crippen molar-refractivity contribution in [3.8, 4) is 0 Å². The first kappa shape index (κ1) is 24.1. The van der Waals surface area contributed by atoms with Crippen LogP contribution in [0.4, 0.5) is 13.2 Å². The van der Waals surface area contributed by atoms with Crippen LogP contribution in [0.1, 0.15) is 72.9 Å². The second-order valence-corrected chi connectivity index (χ2v) is 9.19. The van der Waals surface area contributed by atoms with Gasteiger partial charge in [-0.3, -0.25) is 14.6 Å². The Hall–Kier alpha value is -3.04. The zero-order valence-electron chi connectivity index (χ0n) is 18.6. The Morgan fingerprint density at radius 2 is 1.82 bits per heavy atom. The summed E-state index contributed by atoms with van der Waals surface area (Å²) in [4.78, 5) is 35.2. The fourth-order valence-electron chi connectivity index (χ4n) is 4.68. The third-order valence-electron chi connectivity index (χ3n) is 6.67. The molecule has 2 N–H and O–H groups in total. The van der Waals surface area contributed by atoms with E-state index in [-0.39, 0.29) is 17.4 Å². The first-order valence-electron chi connectivity index (χ1n) is 11.6. The van der Waals surface area contributed by atoms with Crippen molar-refractivity contribution < 1.29 is 27.9 Å². The smallest absolute Gasteiger partial charge is 0.451 e. The van der Waals surface area contributed by atoms with Gasteiger partial charge in [0.15, 0.2) is 0 Å². The van der Waals surface area contributed by atoms with E-state index in [9.17, 15) is 22.8 Å². The molecule has 2 aromatic heterocycles. The van der Waals surface area contributed by atoms with E-state index in [0.29, 0.717) is 18.8 Å². The van der Waals surface area contributed by atoms with Crippen molar-refractivity contribution in [2.45, 2.75) is 70.0 Å². The molecule has 10 heteroatoms. The van der Waals surface area contributed by atoms with Gasteiger partial charge in [0.1, 0.15) is 0 Å². The van der Waals surface area contributed by atoms with E-state index >= 15 is 0 Å². The average molecular weight is 476 g/mol. The van der Waals surface area contributed by atoms with Gasteiger partial charge in [0.25, 0.3) is 0 Å². The number of fused-ring (bicyclic) bond motifs is 1. The summed E-state index contributed by atoms with van der Waals surface area (Å²) in [5.74, 6) is -2.65. The quantitative estimate of drug-likeness (QED) is 0.595. The number of carbonyl (C=O) groups is 2. The zero-order chi connectivity index (χ0) is 24.3. The van der Waals surface area contributed by atoms with Gasteiger partial charge in [-0.15, -0.1) is 0 Å². The van der Waals surface area contributed by atoms with E-state index in [4.69, 9.17) is 10.1 Å². The molecular formula is C24H27F3N4O3. The van der Waals surface area contributed by atoms with E-state index in [0.717, 1.165) is 43.8 Å². The van der Waals surface area contributed by atoms with Gasteiger partial charge in [-0.1, -0.05) is 6.07 Å². The number of carboxylic acids is 1. The van der Waals surface area contributed by atoms with Crippen molar-refractivity contribution >= 4 is 11.9 Å². The third kappa shape index (κ3) is 5.90. The maximum absolute atomic E-state index is 12.7. The van der Waals surface area contributed by atoms with Crippen molar-refractivity contribution in [2.24, 2.45) is 11.8 Å². The fourth-order valence-corrected chi connectivity index (χ4v) is 4.68. The molecule has 0 aliphatic heterocycles. The molecule has 2 aliphatic carbocycles.